The lowest BCUT2D eigenvalue weighted by Gasteiger charge is -2.19. The SMILES string of the molecule is O=S(=O)(c1ccc(Cl)cc1)c1nc(NC(c2ccccc2)c2ccccc2)sc1Cl. The summed E-state index contributed by atoms with van der Waals surface area (Å²) in [6.07, 6.45) is 0. The third-order valence-corrected chi connectivity index (χ3v) is 7.85. The van der Waals surface area contributed by atoms with Gasteiger partial charge in [0.05, 0.1) is 10.9 Å². The number of hydrogen-bond acceptors (Lipinski definition) is 5. The minimum absolute atomic E-state index is 0.0910. The zero-order valence-electron chi connectivity index (χ0n) is 15.5. The van der Waals surface area contributed by atoms with Crippen LogP contribution in [0.3, 0.4) is 0 Å². The predicted octanol–water partition coefficient (Wildman–Crippen LogP) is 6.48. The van der Waals surface area contributed by atoms with Crippen molar-refractivity contribution in [3.8, 4) is 0 Å². The van der Waals surface area contributed by atoms with Crippen molar-refractivity contribution in [2.24, 2.45) is 0 Å². The van der Waals surface area contributed by atoms with Gasteiger partial charge in [0.1, 0.15) is 4.34 Å². The molecule has 4 aromatic rings. The highest BCUT2D eigenvalue weighted by atomic mass is 35.5. The Bertz CT molecular complexity index is 1200. The Labute approximate surface area is 189 Å². The van der Waals surface area contributed by atoms with Gasteiger partial charge in [-0.3, -0.25) is 0 Å². The van der Waals surface area contributed by atoms with Gasteiger partial charge in [-0.15, -0.1) is 0 Å². The van der Waals surface area contributed by atoms with Crippen LogP contribution in [0, 0.1) is 0 Å². The van der Waals surface area contributed by atoms with Gasteiger partial charge >= 0.3 is 0 Å². The van der Waals surface area contributed by atoms with E-state index in [-0.39, 0.29) is 20.3 Å². The molecule has 30 heavy (non-hydrogen) atoms. The maximum atomic E-state index is 13.0. The molecule has 8 heteroatoms. The normalized spacial score (nSPS) is 11.6. The summed E-state index contributed by atoms with van der Waals surface area (Å²) >= 11 is 13.3. The first-order chi connectivity index (χ1) is 14.4. The third-order valence-electron chi connectivity index (χ3n) is 4.47. The van der Waals surface area contributed by atoms with Crippen molar-refractivity contribution in [2.45, 2.75) is 16.0 Å². The molecule has 0 amide bonds. The molecule has 4 rings (SSSR count). The lowest BCUT2D eigenvalue weighted by molar-refractivity contribution is 0.593. The fourth-order valence-corrected chi connectivity index (χ4v) is 5.97. The van der Waals surface area contributed by atoms with E-state index < -0.39 is 9.84 Å². The van der Waals surface area contributed by atoms with Gasteiger partial charge in [-0.25, -0.2) is 13.4 Å². The van der Waals surface area contributed by atoms with Crippen molar-refractivity contribution in [2.75, 3.05) is 5.32 Å². The summed E-state index contributed by atoms with van der Waals surface area (Å²) < 4.78 is 26.1. The van der Waals surface area contributed by atoms with Gasteiger partial charge in [0.15, 0.2) is 10.2 Å². The number of hydrogen-bond donors (Lipinski definition) is 1. The first kappa shape index (κ1) is 20.9. The van der Waals surface area contributed by atoms with E-state index in [4.69, 9.17) is 23.2 Å². The minimum atomic E-state index is -3.86. The highest BCUT2D eigenvalue weighted by molar-refractivity contribution is 7.91. The molecule has 0 saturated carbocycles. The molecule has 0 atom stereocenters. The molecule has 0 saturated heterocycles. The maximum Gasteiger partial charge on any atom is 0.226 e. The van der Waals surface area contributed by atoms with E-state index in [1.807, 2.05) is 60.7 Å². The van der Waals surface area contributed by atoms with E-state index in [0.29, 0.717) is 10.2 Å². The second-order valence-electron chi connectivity index (χ2n) is 6.45. The molecular formula is C22H16Cl2N2O2S2. The van der Waals surface area contributed by atoms with E-state index in [0.717, 1.165) is 22.5 Å². The minimum Gasteiger partial charge on any atom is -0.351 e. The number of nitrogens with one attached hydrogen (secondary N) is 1. The Morgan fingerprint density at radius 2 is 1.33 bits per heavy atom. The quantitative estimate of drug-likeness (QED) is 0.347. The summed E-state index contributed by atoms with van der Waals surface area (Å²) in [5.41, 5.74) is 2.05. The van der Waals surface area contributed by atoms with Crippen LogP contribution in [-0.2, 0) is 9.84 Å². The van der Waals surface area contributed by atoms with E-state index in [1.54, 1.807) is 0 Å². The summed E-state index contributed by atoms with van der Waals surface area (Å²) in [7, 11) is -3.86. The highest BCUT2D eigenvalue weighted by Gasteiger charge is 2.27. The zero-order valence-corrected chi connectivity index (χ0v) is 18.6. The molecule has 3 aromatic carbocycles. The lowest BCUT2D eigenvalue weighted by Crippen LogP contribution is -2.12. The Balaban J connectivity index is 1.70. The van der Waals surface area contributed by atoms with Crippen molar-refractivity contribution >= 4 is 49.5 Å². The zero-order chi connectivity index (χ0) is 21.1. The van der Waals surface area contributed by atoms with Crippen LogP contribution in [0.15, 0.2) is 94.9 Å². The van der Waals surface area contributed by atoms with Gasteiger partial charge in [0.25, 0.3) is 0 Å². The first-order valence-electron chi connectivity index (χ1n) is 8.98. The fraction of sp³-hybridized carbons (Fsp3) is 0.0455. The molecular weight excluding hydrogens is 459 g/mol. The lowest BCUT2D eigenvalue weighted by atomic mass is 9.99. The second-order valence-corrected chi connectivity index (χ2v) is 10.4. The van der Waals surface area contributed by atoms with Gasteiger partial charge in [0, 0.05) is 5.02 Å². The van der Waals surface area contributed by atoms with Gasteiger partial charge in [0.2, 0.25) is 9.84 Å². The van der Waals surface area contributed by atoms with Crippen LogP contribution in [0.25, 0.3) is 0 Å². The van der Waals surface area contributed by atoms with E-state index >= 15 is 0 Å². The Kier molecular flexibility index (Phi) is 6.11. The number of thiazole rings is 1. The summed E-state index contributed by atoms with van der Waals surface area (Å²) in [6.45, 7) is 0. The summed E-state index contributed by atoms with van der Waals surface area (Å²) in [5, 5.41) is 4.05. The number of nitrogens with zero attached hydrogens (tertiary/aromatic N) is 1. The van der Waals surface area contributed by atoms with Crippen LogP contribution in [0.1, 0.15) is 17.2 Å². The Hall–Kier alpha value is -2.38. The number of sulfone groups is 1. The number of anilines is 1. The van der Waals surface area contributed by atoms with Gasteiger partial charge < -0.3 is 5.32 Å². The summed E-state index contributed by atoms with van der Waals surface area (Å²) in [4.78, 5) is 4.42. The predicted molar refractivity (Wildman–Crippen MR) is 122 cm³/mol. The van der Waals surface area contributed by atoms with Gasteiger partial charge in [-0.2, -0.15) is 0 Å². The average Bonchev–Trinajstić information content (AvgIpc) is 3.15. The van der Waals surface area contributed by atoms with Crippen LogP contribution in [0.4, 0.5) is 5.13 Å². The molecule has 0 aliphatic heterocycles. The van der Waals surface area contributed by atoms with Crippen molar-refractivity contribution in [1.82, 2.24) is 4.98 Å². The van der Waals surface area contributed by atoms with Crippen molar-refractivity contribution in [3.05, 3.63) is 105 Å². The molecule has 0 spiro atoms. The third kappa shape index (κ3) is 4.37. The molecule has 0 bridgehead atoms. The van der Waals surface area contributed by atoms with Crippen LogP contribution in [0.2, 0.25) is 9.36 Å². The van der Waals surface area contributed by atoms with Crippen LogP contribution >= 0.6 is 34.5 Å². The molecule has 0 radical (unpaired) electrons. The topological polar surface area (TPSA) is 59.1 Å². The average molecular weight is 475 g/mol. The molecule has 0 unspecified atom stereocenters. The number of aromatic nitrogens is 1. The molecule has 0 aliphatic carbocycles. The fourth-order valence-electron chi connectivity index (χ4n) is 3.01. The largest absolute Gasteiger partial charge is 0.351 e. The molecule has 152 valence electrons. The number of benzene rings is 3. The molecule has 4 nitrogen and oxygen atoms in total. The molecule has 0 aliphatic rings. The molecule has 1 heterocycles. The number of halogens is 2. The van der Waals surface area contributed by atoms with Crippen molar-refractivity contribution in [1.29, 1.82) is 0 Å². The van der Waals surface area contributed by atoms with Crippen molar-refractivity contribution in [3.63, 3.8) is 0 Å². The van der Waals surface area contributed by atoms with Crippen LogP contribution in [-0.4, -0.2) is 13.4 Å². The maximum absolute atomic E-state index is 13.0. The smallest absolute Gasteiger partial charge is 0.226 e. The molecule has 0 fully saturated rings. The second kappa shape index (κ2) is 8.78. The Morgan fingerprint density at radius 3 is 1.87 bits per heavy atom. The van der Waals surface area contributed by atoms with Crippen LogP contribution in [0.5, 0.6) is 0 Å². The number of rotatable bonds is 6. The Morgan fingerprint density at radius 1 is 0.800 bits per heavy atom. The van der Waals surface area contributed by atoms with Gasteiger partial charge in [-0.1, -0.05) is 95.2 Å². The first-order valence-corrected chi connectivity index (χ1v) is 12.0. The van der Waals surface area contributed by atoms with E-state index in [9.17, 15) is 8.42 Å². The van der Waals surface area contributed by atoms with Crippen LogP contribution < -0.4 is 5.32 Å². The monoisotopic (exact) mass is 474 g/mol. The summed E-state index contributed by atoms with van der Waals surface area (Å²) in [5.74, 6) is 0. The van der Waals surface area contributed by atoms with Crippen molar-refractivity contribution < 1.29 is 8.42 Å². The standard InChI is InChI=1S/C22H16Cl2N2O2S2/c23-17-11-13-18(14-12-17)30(27,28)21-20(24)29-22(26-21)25-19(15-7-3-1-4-8-15)16-9-5-2-6-10-16/h1-14,19H,(H,25,26). The highest BCUT2D eigenvalue weighted by Crippen LogP contribution is 2.37. The molecule has 1 aromatic heterocycles. The van der Waals surface area contributed by atoms with E-state index in [1.165, 1.54) is 24.3 Å². The van der Waals surface area contributed by atoms with Gasteiger partial charge in [-0.05, 0) is 35.4 Å². The van der Waals surface area contributed by atoms with E-state index in [2.05, 4.69) is 10.3 Å². The summed E-state index contributed by atoms with van der Waals surface area (Å²) in [6, 6.07) is 25.5. The molecule has 1 N–H and O–H groups in total.